The van der Waals surface area contributed by atoms with Crippen LogP contribution in [0.3, 0.4) is 0 Å². The molecule has 1 aliphatic rings. The van der Waals surface area contributed by atoms with E-state index in [0.717, 1.165) is 5.56 Å². The van der Waals surface area contributed by atoms with Crippen LogP contribution in [0, 0.1) is 0 Å². The molecule has 0 spiro atoms. The van der Waals surface area contributed by atoms with Crippen molar-refractivity contribution in [2.75, 3.05) is 19.6 Å². The molecule has 0 saturated carbocycles. The molecule has 2 aromatic heterocycles. The van der Waals surface area contributed by atoms with Gasteiger partial charge in [0.25, 0.3) is 15.9 Å². The minimum absolute atomic E-state index is 0.0122. The number of aryl methyl sites for hydroxylation is 1. The van der Waals surface area contributed by atoms with E-state index >= 15 is 0 Å². The predicted octanol–water partition coefficient (Wildman–Crippen LogP) is 2.31. The lowest BCUT2D eigenvalue weighted by Crippen LogP contribution is -2.53. The minimum atomic E-state index is -4.65. The highest BCUT2D eigenvalue weighted by Crippen LogP contribution is 2.36. The molecule has 13 heteroatoms. The van der Waals surface area contributed by atoms with E-state index < -0.39 is 38.9 Å². The molecule has 1 aliphatic heterocycles. The summed E-state index contributed by atoms with van der Waals surface area (Å²) in [7, 11) is -2.21. The summed E-state index contributed by atoms with van der Waals surface area (Å²) in [5, 5.41) is 7.87. The number of aromatic amines is 1. The van der Waals surface area contributed by atoms with E-state index in [4.69, 9.17) is 0 Å². The van der Waals surface area contributed by atoms with E-state index in [-0.39, 0.29) is 24.7 Å². The van der Waals surface area contributed by atoms with Crippen LogP contribution in [-0.4, -0.2) is 58.0 Å². The molecule has 0 radical (unpaired) electrons. The van der Waals surface area contributed by atoms with Crippen LogP contribution in [0.15, 0.2) is 53.9 Å². The summed E-state index contributed by atoms with van der Waals surface area (Å²) in [6.45, 7) is 0.374. The molecule has 1 aromatic carbocycles. The van der Waals surface area contributed by atoms with Gasteiger partial charge in [0.15, 0.2) is 10.7 Å². The van der Waals surface area contributed by atoms with E-state index in [1.807, 2.05) is 35.4 Å². The third-order valence-electron chi connectivity index (χ3n) is 5.92. The molecule has 9 nitrogen and oxygen atoms in total. The second-order valence-electron chi connectivity index (χ2n) is 8.31. The largest absolute Gasteiger partial charge is 0.432 e. The number of halogens is 3. The molecule has 0 aliphatic carbocycles. The number of aromatic nitrogens is 4. The molecule has 3 heterocycles. The van der Waals surface area contributed by atoms with E-state index in [1.54, 1.807) is 11.6 Å². The molecular weight excluding hydrogens is 473 g/mol. The highest BCUT2D eigenvalue weighted by molar-refractivity contribution is 7.89. The van der Waals surface area contributed by atoms with Crippen molar-refractivity contribution < 1.29 is 26.4 Å². The van der Waals surface area contributed by atoms with Gasteiger partial charge in [-0.3, -0.25) is 9.89 Å². The average molecular weight is 497 g/mol. The highest BCUT2D eigenvalue weighted by atomic mass is 32.2. The Morgan fingerprint density at radius 1 is 1.26 bits per heavy atom. The number of sulfonamides is 1. The number of hydrogen-bond donors (Lipinski definition) is 2. The number of nitrogens with zero attached hydrogens (tertiary/aromatic N) is 4. The number of carbonyl (C=O) groups is 1. The molecule has 1 fully saturated rings. The lowest BCUT2D eigenvalue weighted by Gasteiger charge is -2.42. The van der Waals surface area contributed by atoms with Crippen molar-refractivity contribution in [2.45, 2.75) is 29.5 Å². The number of H-pyrrole nitrogens is 1. The van der Waals surface area contributed by atoms with Crippen molar-refractivity contribution in [3.8, 4) is 0 Å². The summed E-state index contributed by atoms with van der Waals surface area (Å²) in [5.74, 6) is -0.785. The van der Waals surface area contributed by atoms with Crippen LogP contribution in [0.4, 0.5) is 13.2 Å². The lowest BCUT2D eigenvalue weighted by atomic mass is 9.74. The number of alkyl halides is 3. The minimum Gasteiger partial charge on any atom is -0.350 e. The van der Waals surface area contributed by atoms with Gasteiger partial charge in [-0.05, 0) is 18.4 Å². The lowest BCUT2D eigenvalue weighted by molar-refractivity contribution is -0.141. The van der Waals surface area contributed by atoms with Gasteiger partial charge in [0.1, 0.15) is 5.69 Å². The van der Waals surface area contributed by atoms with Gasteiger partial charge >= 0.3 is 6.18 Å². The molecule has 1 amide bonds. The maximum atomic E-state index is 13.2. The maximum Gasteiger partial charge on any atom is 0.432 e. The summed E-state index contributed by atoms with van der Waals surface area (Å²) in [6, 6.07) is 9.79. The molecule has 1 atom stereocenters. The van der Waals surface area contributed by atoms with E-state index in [2.05, 4.69) is 15.4 Å². The third kappa shape index (κ3) is 4.71. The Kier molecular flexibility index (Phi) is 6.25. The van der Waals surface area contributed by atoms with Gasteiger partial charge in [0.2, 0.25) is 0 Å². The number of carbonyl (C=O) groups excluding carboxylic acids is 1. The van der Waals surface area contributed by atoms with E-state index in [9.17, 15) is 26.4 Å². The number of imidazole rings is 1. The normalized spacial score (nSPS) is 19.8. The zero-order chi connectivity index (χ0) is 24.6. The number of rotatable bonds is 6. The van der Waals surface area contributed by atoms with Crippen LogP contribution in [0.1, 0.15) is 34.6 Å². The maximum absolute atomic E-state index is 13.2. The number of nitrogens with one attached hydrogen (secondary N) is 2. The van der Waals surface area contributed by atoms with Crippen molar-refractivity contribution in [2.24, 2.45) is 7.05 Å². The number of benzene rings is 1. The molecule has 2 N–H and O–H groups in total. The Bertz CT molecular complexity index is 1270. The summed E-state index contributed by atoms with van der Waals surface area (Å²) in [4.78, 5) is 16.6. The molecular formula is C21H23F3N6O3S. The first-order valence-electron chi connectivity index (χ1n) is 10.5. The zero-order valence-corrected chi connectivity index (χ0v) is 19.0. The molecule has 4 rings (SSSR count). The van der Waals surface area contributed by atoms with Crippen LogP contribution in [0.2, 0.25) is 0 Å². The van der Waals surface area contributed by atoms with Crippen molar-refractivity contribution in [1.29, 1.82) is 0 Å². The van der Waals surface area contributed by atoms with Crippen LogP contribution < -0.4 is 5.32 Å². The Hall–Kier alpha value is -3.19. The van der Waals surface area contributed by atoms with Gasteiger partial charge in [0, 0.05) is 44.4 Å². The quantitative estimate of drug-likeness (QED) is 0.544. The first-order valence-corrected chi connectivity index (χ1v) is 11.9. The standard InChI is InChI=1S/C21H23F3N6O3S/c1-29-11-18(26-14-29)34(32,33)30-9-5-8-20(13-30,15-6-3-2-4-7-15)12-25-19(31)16-10-17(28-27-16)21(22,23)24/h2-4,6-7,10-11,14H,5,8-9,12-13H2,1H3,(H,25,31)(H,27,28). The fourth-order valence-electron chi connectivity index (χ4n) is 4.15. The fourth-order valence-corrected chi connectivity index (χ4v) is 5.68. The molecule has 1 saturated heterocycles. The van der Waals surface area contributed by atoms with Crippen LogP contribution in [0.5, 0.6) is 0 Å². The monoisotopic (exact) mass is 496 g/mol. The molecule has 3 aromatic rings. The summed E-state index contributed by atoms with van der Waals surface area (Å²) < 4.78 is 67.9. The average Bonchev–Trinajstić information content (AvgIpc) is 3.48. The summed E-state index contributed by atoms with van der Waals surface area (Å²) in [5.41, 5.74) is -1.50. The zero-order valence-electron chi connectivity index (χ0n) is 18.2. The Morgan fingerprint density at radius 2 is 2.00 bits per heavy atom. The summed E-state index contributed by atoms with van der Waals surface area (Å²) >= 11 is 0. The van der Waals surface area contributed by atoms with Gasteiger partial charge in [-0.15, -0.1) is 0 Å². The fraction of sp³-hybridized carbons (Fsp3) is 0.381. The van der Waals surface area contributed by atoms with Crippen molar-refractivity contribution in [3.05, 3.63) is 65.9 Å². The van der Waals surface area contributed by atoms with Crippen LogP contribution >= 0.6 is 0 Å². The third-order valence-corrected chi connectivity index (χ3v) is 7.65. The van der Waals surface area contributed by atoms with Crippen molar-refractivity contribution in [3.63, 3.8) is 0 Å². The number of piperidine rings is 1. The molecule has 1 unspecified atom stereocenters. The van der Waals surface area contributed by atoms with E-state index in [1.165, 1.54) is 16.8 Å². The Labute approximate surface area is 194 Å². The van der Waals surface area contributed by atoms with Crippen molar-refractivity contribution in [1.82, 2.24) is 29.4 Å². The smallest absolute Gasteiger partial charge is 0.350 e. The van der Waals surface area contributed by atoms with Gasteiger partial charge < -0.3 is 9.88 Å². The number of hydrogen-bond acceptors (Lipinski definition) is 5. The van der Waals surface area contributed by atoms with Gasteiger partial charge in [-0.1, -0.05) is 30.3 Å². The second kappa shape index (κ2) is 8.87. The van der Waals surface area contributed by atoms with Gasteiger partial charge in [-0.2, -0.15) is 22.6 Å². The molecule has 0 bridgehead atoms. The van der Waals surface area contributed by atoms with Crippen LogP contribution in [-0.2, 0) is 28.7 Å². The predicted molar refractivity (Wildman–Crippen MR) is 115 cm³/mol. The SMILES string of the molecule is Cn1cnc(S(=O)(=O)N2CCCC(CNC(=O)c3cc(C(F)(F)F)[nH]n3)(c3ccccc3)C2)c1. The first kappa shape index (κ1) is 24.0. The second-order valence-corrected chi connectivity index (χ2v) is 10.2. The Morgan fingerprint density at radius 3 is 2.62 bits per heavy atom. The first-order chi connectivity index (χ1) is 16.0. The highest BCUT2D eigenvalue weighted by Gasteiger charge is 2.42. The van der Waals surface area contributed by atoms with Crippen molar-refractivity contribution >= 4 is 15.9 Å². The van der Waals surface area contributed by atoms with Gasteiger partial charge in [-0.25, -0.2) is 13.4 Å². The molecule has 182 valence electrons. The number of amides is 1. The molecule has 34 heavy (non-hydrogen) atoms. The topological polar surface area (TPSA) is 113 Å². The Balaban J connectivity index is 1.60. The van der Waals surface area contributed by atoms with Gasteiger partial charge in [0.05, 0.1) is 6.33 Å². The van der Waals surface area contributed by atoms with Crippen LogP contribution in [0.25, 0.3) is 0 Å². The summed E-state index contributed by atoms with van der Waals surface area (Å²) in [6.07, 6.45) is -0.732. The van der Waals surface area contributed by atoms with E-state index in [0.29, 0.717) is 18.9 Å².